The van der Waals surface area contributed by atoms with Crippen LogP contribution in [0.25, 0.3) is 0 Å². The van der Waals surface area contributed by atoms with Crippen molar-refractivity contribution >= 4 is 14.6 Å². The van der Waals surface area contributed by atoms with E-state index in [1.54, 1.807) is 6.92 Å². The first-order chi connectivity index (χ1) is 5.72. The summed E-state index contributed by atoms with van der Waals surface area (Å²) in [5.74, 6) is -0.421. The molecule has 12 heavy (non-hydrogen) atoms. The minimum Gasteiger partial charge on any atom is -0.462 e. The van der Waals surface area contributed by atoms with Crippen LogP contribution < -0.4 is 5.09 Å². The Labute approximate surface area is 72.7 Å². The lowest BCUT2D eigenvalue weighted by atomic mass is 10.4. The van der Waals surface area contributed by atoms with E-state index in [1.807, 2.05) is 0 Å². The molecule has 1 unspecified atom stereocenters. The van der Waals surface area contributed by atoms with Gasteiger partial charge in [0.25, 0.3) is 0 Å². The van der Waals surface area contributed by atoms with Crippen molar-refractivity contribution in [3.63, 3.8) is 0 Å². The molecule has 0 bridgehead atoms. The van der Waals surface area contributed by atoms with Gasteiger partial charge in [0, 0.05) is 7.11 Å². The van der Waals surface area contributed by atoms with Crippen molar-refractivity contribution in [2.75, 3.05) is 20.3 Å². The maximum Gasteiger partial charge on any atom is 0.323 e. The fraction of sp³-hybridized carbons (Fsp3) is 0.833. The molecule has 5 nitrogen and oxygen atoms in total. The van der Waals surface area contributed by atoms with Crippen LogP contribution in [0.3, 0.4) is 0 Å². The molecule has 0 aliphatic heterocycles. The molecule has 0 spiro atoms. The van der Waals surface area contributed by atoms with Crippen molar-refractivity contribution in [2.24, 2.45) is 0 Å². The summed E-state index contributed by atoms with van der Waals surface area (Å²) >= 11 is 0. The summed E-state index contributed by atoms with van der Waals surface area (Å²) < 4.78 is 19.5. The third-order valence-electron chi connectivity index (χ3n) is 1.16. The summed E-state index contributed by atoms with van der Waals surface area (Å²) in [6.45, 7) is 2.18. The summed E-state index contributed by atoms with van der Waals surface area (Å²) in [7, 11) is 0.827. The maximum atomic E-state index is 10.9. The van der Waals surface area contributed by atoms with Crippen LogP contribution >= 0.6 is 8.61 Å². The molecule has 2 atom stereocenters. The van der Waals surface area contributed by atoms with Gasteiger partial charge in [0.15, 0.2) is 0 Å². The molecule has 0 saturated heterocycles. The molecule has 0 saturated carbocycles. The zero-order chi connectivity index (χ0) is 9.40. The number of carbonyl (C=O) groups is 1. The largest absolute Gasteiger partial charge is 0.462 e. The van der Waals surface area contributed by atoms with Crippen molar-refractivity contribution in [2.45, 2.75) is 13.0 Å². The third kappa shape index (κ3) is 5.18. The number of carbonyl (C=O) groups excluding carboxylic acids is 1. The predicted molar refractivity (Wildman–Crippen MR) is 44.4 cm³/mol. The van der Waals surface area contributed by atoms with Crippen LogP contribution in [0.4, 0.5) is 0 Å². The van der Waals surface area contributed by atoms with Crippen molar-refractivity contribution in [1.82, 2.24) is 5.09 Å². The fourth-order valence-electron chi connectivity index (χ4n) is 0.498. The van der Waals surface area contributed by atoms with Gasteiger partial charge in [-0.3, -0.25) is 9.36 Å². The highest BCUT2D eigenvalue weighted by atomic mass is 31.1. The average Bonchev–Trinajstić information content (AvgIpc) is 2.05. The van der Waals surface area contributed by atoms with Gasteiger partial charge in [0.2, 0.25) is 0 Å². The number of hydrogen-bond donors (Lipinski definition) is 1. The summed E-state index contributed by atoms with van der Waals surface area (Å²) in [4.78, 5) is 10.9. The van der Waals surface area contributed by atoms with Gasteiger partial charge < -0.3 is 9.47 Å². The second-order valence-corrected chi connectivity index (χ2v) is 2.62. The molecule has 0 fully saturated rings. The van der Waals surface area contributed by atoms with E-state index >= 15 is 0 Å². The lowest BCUT2D eigenvalue weighted by molar-refractivity contribution is -0.146. The zero-order valence-corrected chi connectivity index (χ0v) is 8.12. The molecule has 0 aromatic carbocycles. The van der Waals surface area contributed by atoms with E-state index in [4.69, 9.17) is 4.74 Å². The highest BCUT2D eigenvalue weighted by molar-refractivity contribution is 7.21. The first kappa shape index (κ1) is 11.5. The topological polar surface area (TPSA) is 64.6 Å². The first-order valence-corrected chi connectivity index (χ1v) is 4.41. The van der Waals surface area contributed by atoms with Gasteiger partial charge in [-0.15, -0.1) is 0 Å². The number of ether oxygens (including phenoxy) is 2. The van der Waals surface area contributed by atoms with Gasteiger partial charge in [0.05, 0.1) is 6.61 Å². The van der Waals surface area contributed by atoms with Crippen LogP contribution in [-0.4, -0.2) is 32.3 Å². The minimum absolute atomic E-state index is 0.226. The molecular weight excluding hydrogens is 181 g/mol. The van der Waals surface area contributed by atoms with Gasteiger partial charge in [-0.2, -0.15) is 0 Å². The van der Waals surface area contributed by atoms with Gasteiger partial charge in [-0.25, -0.2) is 5.09 Å². The Balaban J connectivity index is 3.49. The van der Waals surface area contributed by atoms with Crippen molar-refractivity contribution in [1.29, 1.82) is 0 Å². The number of hydrogen-bond acceptors (Lipinski definition) is 4. The van der Waals surface area contributed by atoms with Crippen LogP contribution in [0.15, 0.2) is 0 Å². The number of esters is 1. The average molecular weight is 194 g/mol. The van der Waals surface area contributed by atoms with Crippen LogP contribution in [-0.2, 0) is 18.8 Å². The van der Waals surface area contributed by atoms with E-state index in [2.05, 4.69) is 9.82 Å². The molecule has 6 heteroatoms. The maximum absolute atomic E-state index is 10.9. The fourth-order valence-corrected chi connectivity index (χ4v) is 0.793. The summed E-state index contributed by atoms with van der Waals surface area (Å²) in [6.07, 6.45) is 0. The lowest BCUT2D eigenvalue weighted by Gasteiger charge is -2.08. The Morgan fingerprint density at radius 3 is 2.75 bits per heavy atom. The molecule has 1 N–H and O–H groups in total. The number of nitrogens with one attached hydrogen (secondary N) is 1. The summed E-state index contributed by atoms with van der Waals surface area (Å²) in [6, 6.07) is -0.530. The second kappa shape index (κ2) is 7.16. The highest BCUT2D eigenvalue weighted by Gasteiger charge is 2.12. The Hall–Kier alpha value is -0.510. The van der Waals surface area contributed by atoms with Gasteiger partial charge in [-0.05, 0) is 6.92 Å². The van der Waals surface area contributed by atoms with E-state index in [9.17, 15) is 9.36 Å². The Bertz CT molecular complexity index is 152. The van der Waals surface area contributed by atoms with Gasteiger partial charge >= 0.3 is 5.97 Å². The highest BCUT2D eigenvalue weighted by Crippen LogP contribution is 1.93. The van der Waals surface area contributed by atoms with Crippen LogP contribution in [0.2, 0.25) is 0 Å². The molecule has 0 rings (SSSR count). The summed E-state index contributed by atoms with van der Waals surface area (Å²) in [5.41, 5.74) is 0. The Morgan fingerprint density at radius 1 is 1.58 bits per heavy atom. The van der Waals surface area contributed by atoms with Crippen molar-refractivity contribution < 1.29 is 18.8 Å². The van der Waals surface area contributed by atoms with Crippen molar-refractivity contribution in [3.8, 4) is 0 Å². The number of methoxy groups -OCH3 is 1. The molecule has 0 aromatic heterocycles. The van der Waals surface area contributed by atoms with Gasteiger partial charge in [0.1, 0.15) is 21.3 Å². The smallest absolute Gasteiger partial charge is 0.323 e. The molecule has 0 aromatic rings. The quantitative estimate of drug-likeness (QED) is 0.369. The van der Waals surface area contributed by atoms with Crippen LogP contribution in [0.5, 0.6) is 0 Å². The monoisotopic (exact) mass is 194 g/mol. The summed E-state index contributed by atoms with van der Waals surface area (Å²) in [5, 5.41) is 2.43. The standard InChI is InChI=1S/C6H13NO4P/c1-5(7-12-9)6(8)11-4-3-10-2/h5,12H,3-4H2,1-2H3,(H,7,9)/t5-/m0/s1. The Kier molecular flexibility index (Phi) is 6.85. The minimum atomic E-state index is -0.696. The van der Waals surface area contributed by atoms with Gasteiger partial charge in [-0.1, -0.05) is 0 Å². The van der Waals surface area contributed by atoms with E-state index in [-0.39, 0.29) is 6.61 Å². The molecule has 71 valence electrons. The zero-order valence-electron chi connectivity index (χ0n) is 7.12. The number of rotatable bonds is 6. The molecular formula is C6H13NO4P. The van der Waals surface area contributed by atoms with E-state index in [0.29, 0.717) is 6.61 Å². The SMILES string of the molecule is COCCOC(=O)[C@H](C)N[PH]=O. The third-order valence-corrected chi connectivity index (χ3v) is 1.71. The first-order valence-electron chi connectivity index (χ1n) is 3.50. The second-order valence-electron chi connectivity index (χ2n) is 2.13. The normalized spacial score (nSPS) is 12.8. The lowest BCUT2D eigenvalue weighted by Crippen LogP contribution is -2.30. The van der Waals surface area contributed by atoms with E-state index in [1.165, 1.54) is 7.11 Å². The van der Waals surface area contributed by atoms with E-state index < -0.39 is 20.6 Å². The van der Waals surface area contributed by atoms with Crippen molar-refractivity contribution in [3.05, 3.63) is 0 Å². The van der Waals surface area contributed by atoms with Crippen LogP contribution in [0.1, 0.15) is 6.92 Å². The molecule has 0 amide bonds. The molecule has 0 heterocycles. The van der Waals surface area contributed by atoms with E-state index in [0.717, 1.165) is 0 Å². The molecule has 0 aliphatic carbocycles. The Morgan fingerprint density at radius 2 is 2.25 bits per heavy atom. The predicted octanol–water partition coefficient (Wildman–Crippen LogP) is 0.0931. The molecule has 0 aliphatic rings. The molecule has 1 radical (unpaired) electrons. The van der Waals surface area contributed by atoms with Crippen LogP contribution in [0, 0.1) is 0 Å².